The van der Waals surface area contributed by atoms with Crippen molar-refractivity contribution in [1.29, 1.82) is 0 Å². The van der Waals surface area contributed by atoms with Crippen LogP contribution in [0.4, 0.5) is 0 Å². The van der Waals surface area contributed by atoms with Crippen molar-refractivity contribution in [1.82, 2.24) is 5.32 Å². The molecule has 0 bridgehead atoms. The molecule has 0 aromatic carbocycles. The maximum Gasteiger partial charge on any atom is 0.220 e. The summed E-state index contributed by atoms with van der Waals surface area (Å²) >= 11 is 0. The van der Waals surface area contributed by atoms with Crippen LogP contribution >= 0.6 is 0 Å². The van der Waals surface area contributed by atoms with Gasteiger partial charge in [-0.25, -0.2) is 0 Å². The number of hydrogen-bond acceptors (Lipinski definition) is 13. The predicted molar refractivity (Wildman–Crippen MR) is 314 cm³/mol. The third-order valence-electron chi connectivity index (χ3n) is 15.8. The van der Waals surface area contributed by atoms with Gasteiger partial charge in [0.05, 0.1) is 32.0 Å². The molecule has 0 aromatic heterocycles. The van der Waals surface area contributed by atoms with Crippen LogP contribution in [0.2, 0.25) is 0 Å². The van der Waals surface area contributed by atoms with E-state index in [9.17, 15) is 45.6 Å². The van der Waals surface area contributed by atoms with Gasteiger partial charge in [0.2, 0.25) is 5.91 Å². The lowest BCUT2D eigenvalue weighted by Crippen LogP contribution is -2.65. The minimum absolute atomic E-state index is 0.236. The zero-order chi connectivity index (χ0) is 56.7. The highest BCUT2D eigenvalue weighted by molar-refractivity contribution is 5.76. The highest BCUT2D eigenvalue weighted by atomic mass is 16.7. The third-order valence-corrected chi connectivity index (χ3v) is 15.8. The summed E-state index contributed by atoms with van der Waals surface area (Å²) in [6.45, 7) is 2.81. The van der Waals surface area contributed by atoms with E-state index in [2.05, 4.69) is 43.5 Å². The highest BCUT2D eigenvalue weighted by Crippen LogP contribution is 2.30. The molecule has 1 amide bonds. The van der Waals surface area contributed by atoms with E-state index in [0.717, 1.165) is 44.9 Å². The highest BCUT2D eigenvalue weighted by Gasteiger charge is 2.51. The Morgan fingerprint density at radius 2 is 0.846 bits per heavy atom. The normalized spacial score (nSPS) is 24.7. The van der Waals surface area contributed by atoms with Crippen LogP contribution in [0.15, 0.2) is 36.5 Å². The Kier molecular flexibility index (Phi) is 46.2. The van der Waals surface area contributed by atoms with Gasteiger partial charge in [-0.05, 0) is 51.4 Å². The van der Waals surface area contributed by atoms with Gasteiger partial charge in [-0.15, -0.1) is 0 Å². The van der Waals surface area contributed by atoms with Crippen LogP contribution in [0, 0.1) is 0 Å². The van der Waals surface area contributed by atoms with Crippen LogP contribution in [-0.4, -0.2) is 140 Å². The maximum absolute atomic E-state index is 13.3. The summed E-state index contributed by atoms with van der Waals surface area (Å²) in [6, 6.07) is -0.913. The van der Waals surface area contributed by atoms with Crippen molar-refractivity contribution in [2.24, 2.45) is 0 Å². The molecule has 2 fully saturated rings. The second-order valence-electron chi connectivity index (χ2n) is 22.9. The molecule has 12 unspecified atom stereocenters. The second kappa shape index (κ2) is 49.8. The molecule has 0 aliphatic carbocycles. The predicted octanol–water partition coefficient (Wildman–Crippen LogP) is 11.8. The van der Waals surface area contributed by atoms with Gasteiger partial charge >= 0.3 is 0 Å². The standard InChI is InChI=1S/C64H119NO13/c1-3-5-7-9-11-13-15-17-19-20-21-22-23-24-25-26-27-28-29-30-31-32-34-36-38-40-42-44-46-48-56(69)65-52(53(68)47-45-43-41-39-37-35-33-18-16-14-12-10-8-6-4-2)51-75-63-61(74)59(72)62(55(50-67)77-63)78-64-60(73)58(71)57(70)54(49-66)76-64/h15,17,20-21,45,47,52-55,57-64,66-68,70-74H,3-14,16,18-19,22-44,46,48-51H2,1-2H3,(H,65,69)/b17-15-,21-20-,47-45+. The molecule has 0 aromatic rings. The second-order valence-corrected chi connectivity index (χ2v) is 22.9. The lowest BCUT2D eigenvalue weighted by molar-refractivity contribution is -0.359. The monoisotopic (exact) mass is 1110 g/mol. The van der Waals surface area contributed by atoms with Gasteiger partial charge in [-0.3, -0.25) is 4.79 Å². The molecule has 458 valence electrons. The minimum Gasteiger partial charge on any atom is -0.394 e. The van der Waals surface area contributed by atoms with Gasteiger partial charge in [-0.2, -0.15) is 0 Å². The first kappa shape index (κ1) is 72.3. The lowest BCUT2D eigenvalue weighted by Gasteiger charge is -2.46. The molecule has 78 heavy (non-hydrogen) atoms. The van der Waals surface area contributed by atoms with Crippen LogP contribution in [0.25, 0.3) is 0 Å². The van der Waals surface area contributed by atoms with Crippen molar-refractivity contribution in [3.05, 3.63) is 36.5 Å². The fourth-order valence-electron chi connectivity index (χ4n) is 10.6. The summed E-state index contributed by atoms with van der Waals surface area (Å²) in [5.74, 6) is -0.236. The average molecular weight is 1110 g/mol. The zero-order valence-corrected chi connectivity index (χ0v) is 49.4. The summed E-state index contributed by atoms with van der Waals surface area (Å²) < 4.78 is 22.8. The van der Waals surface area contributed by atoms with Crippen LogP contribution in [0.1, 0.15) is 271 Å². The number of ether oxygens (including phenoxy) is 4. The number of nitrogens with one attached hydrogen (secondary N) is 1. The van der Waals surface area contributed by atoms with E-state index >= 15 is 0 Å². The van der Waals surface area contributed by atoms with Gasteiger partial charge in [0.15, 0.2) is 12.6 Å². The largest absolute Gasteiger partial charge is 0.394 e. The SMILES string of the molecule is CCCCCCC/C=C\C/C=C\CCCCCCCCCCCCCCCCCCCC(=O)NC(COC1OC(CO)C(OC2OC(CO)C(O)C(O)C2O)C(O)C1O)C(O)/C=C/CCCCCCCCCCCCCCC. The molecular weight excluding hydrogens is 991 g/mol. The zero-order valence-electron chi connectivity index (χ0n) is 49.4. The van der Waals surface area contributed by atoms with E-state index in [1.807, 2.05) is 6.08 Å². The van der Waals surface area contributed by atoms with E-state index in [1.165, 1.54) is 199 Å². The smallest absolute Gasteiger partial charge is 0.220 e. The Labute approximate surface area is 474 Å². The number of allylic oxidation sites excluding steroid dienone is 5. The number of unbranched alkanes of at least 4 members (excludes halogenated alkanes) is 35. The van der Waals surface area contributed by atoms with E-state index in [4.69, 9.17) is 18.9 Å². The average Bonchev–Trinajstić information content (AvgIpc) is 3.47. The third kappa shape index (κ3) is 34.6. The number of amides is 1. The Morgan fingerprint density at radius 1 is 0.462 bits per heavy atom. The van der Waals surface area contributed by atoms with Gasteiger partial charge in [0.25, 0.3) is 0 Å². The number of carbonyl (C=O) groups excluding carboxylic acids is 1. The molecule has 14 nitrogen and oxygen atoms in total. The van der Waals surface area contributed by atoms with Crippen molar-refractivity contribution in [3.63, 3.8) is 0 Å². The molecule has 2 heterocycles. The Balaban J connectivity index is 1.67. The van der Waals surface area contributed by atoms with Gasteiger partial charge in [-0.1, -0.05) is 249 Å². The van der Waals surface area contributed by atoms with Gasteiger partial charge in [0, 0.05) is 6.42 Å². The molecule has 2 rings (SSSR count). The van der Waals surface area contributed by atoms with Crippen molar-refractivity contribution in [2.45, 2.75) is 344 Å². The molecule has 0 spiro atoms. The summed E-state index contributed by atoms with van der Waals surface area (Å²) in [6.07, 6.45) is 44.8. The molecule has 9 N–H and O–H groups in total. The fourth-order valence-corrected chi connectivity index (χ4v) is 10.6. The molecule has 0 radical (unpaired) electrons. The summed E-state index contributed by atoms with van der Waals surface area (Å²) in [5.41, 5.74) is 0. The summed E-state index contributed by atoms with van der Waals surface area (Å²) in [7, 11) is 0. The summed E-state index contributed by atoms with van der Waals surface area (Å²) in [5, 5.41) is 87.2. The minimum atomic E-state index is -1.79. The van der Waals surface area contributed by atoms with Gasteiger partial charge in [0.1, 0.15) is 48.8 Å². The Hall–Kier alpha value is -1.79. The summed E-state index contributed by atoms with van der Waals surface area (Å²) in [4.78, 5) is 13.3. The first-order valence-corrected chi connectivity index (χ1v) is 32.2. The number of aliphatic hydroxyl groups excluding tert-OH is 8. The molecule has 14 heteroatoms. The molecular formula is C64H119NO13. The maximum atomic E-state index is 13.3. The Bertz CT molecular complexity index is 1450. The van der Waals surface area contributed by atoms with Crippen LogP contribution < -0.4 is 5.32 Å². The van der Waals surface area contributed by atoms with Crippen molar-refractivity contribution >= 4 is 5.91 Å². The van der Waals surface area contributed by atoms with Crippen LogP contribution in [0.3, 0.4) is 0 Å². The number of hydrogen-bond donors (Lipinski definition) is 9. The molecule has 2 saturated heterocycles. The van der Waals surface area contributed by atoms with Gasteiger partial charge < -0.3 is 65.1 Å². The Morgan fingerprint density at radius 3 is 1.28 bits per heavy atom. The molecule has 2 aliphatic rings. The molecule has 2 aliphatic heterocycles. The topological polar surface area (TPSA) is 228 Å². The van der Waals surface area contributed by atoms with Crippen LogP contribution in [-0.2, 0) is 23.7 Å². The lowest BCUT2D eigenvalue weighted by atomic mass is 9.97. The first-order chi connectivity index (χ1) is 38.1. The number of carbonyl (C=O) groups is 1. The number of rotatable bonds is 52. The van der Waals surface area contributed by atoms with Crippen molar-refractivity contribution in [2.75, 3.05) is 19.8 Å². The van der Waals surface area contributed by atoms with E-state index in [1.54, 1.807) is 6.08 Å². The van der Waals surface area contributed by atoms with E-state index in [0.29, 0.717) is 6.42 Å². The fraction of sp³-hybridized carbons (Fsp3) is 0.891. The number of aliphatic hydroxyl groups is 8. The molecule has 12 atom stereocenters. The first-order valence-electron chi connectivity index (χ1n) is 32.2. The van der Waals surface area contributed by atoms with Crippen molar-refractivity contribution < 1.29 is 64.6 Å². The van der Waals surface area contributed by atoms with Crippen molar-refractivity contribution in [3.8, 4) is 0 Å². The van der Waals surface area contributed by atoms with E-state index in [-0.39, 0.29) is 18.9 Å². The quantitative estimate of drug-likeness (QED) is 0.0204. The van der Waals surface area contributed by atoms with E-state index < -0.39 is 86.8 Å². The van der Waals surface area contributed by atoms with Crippen LogP contribution in [0.5, 0.6) is 0 Å². The molecule has 0 saturated carbocycles.